The van der Waals surface area contributed by atoms with E-state index in [0.717, 1.165) is 6.26 Å². The third-order valence-electron chi connectivity index (χ3n) is 1.78. The molecule has 86 valence electrons. The van der Waals surface area contributed by atoms with Gasteiger partial charge in [-0.3, -0.25) is 0 Å². The fourth-order valence-electron chi connectivity index (χ4n) is 1.01. The van der Waals surface area contributed by atoms with Crippen LogP contribution in [0.3, 0.4) is 0 Å². The molecule has 1 aromatic carbocycles. The van der Waals surface area contributed by atoms with Crippen LogP contribution in [-0.2, 0) is 9.84 Å². The van der Waals surface area contributed by atoms with Crippen molar-refractivity contribution in [3.8, 4) is 11.8 Å². The molecule has 4 nitrogen and oxygen atoms in total. The topological polar surface area (TPSA) is 67.2 Å². The van der Waals surface area contributed by atoms with Crippen LogP contribution in [0.25, 0.3) is 0 Å². The molecular formula is C10H10ClNO3S. The van der Waals surface area contributed by atoms with Crippen LogP contribution in [0.15, 0.2) is 18.2 Å². The van der Waals surface area contributed by atoms with Crippen LogP contribution in [0.5, 0.6) is 5.75 Å². The molecule has 1 aromatic rings. The normalized spacial score (nSPS) is 10.8. The van der Waals surface area contributed by atoms with Gasteiger partial charge in [0.2, 0.25) is 0 Å². The molecule has 0 N–H and O–H groups in total. The minimum absolute atomic E-state index is 0.00779. The second-order valence-corrected chi connectivity index (χ2v) is 5.93. The van der Waals surface area contributed by atoms with E-state index in [4.69, 9.17) is 21.6 Å². The Morgan fingerprint density at radius 3 is 2.75 bits per heavy atom. The predicted octanol–water partition coefficient (Wildman–Crippen LogP) is 1.64. The van der Waals surface area contributed by atoms with Crippen molar-refractivity contribution in [2.75, 3.05) is 18.6 Å². The number of nitrogens with zero attached hydrogens (tertiary/aromatic N) is 1. The summed E-state index contributed by atoms with van der Waals surface area (Å²) in [5.41, 5.74) is 0.331. The molecule has 6 heteroatoms. The molecule has 0 radical (unpaired) electrons. The first-order valence-corrected chi connectivity index (χ1v) is 6.86. The lowest BCUT2D eigenvalue weighted by Crippen LogP contribution is -2.12. The van der Waals surface area contributed by atoms with E-state index in [9.17, 15) is 8.42 Å². The Morgan fingerprint density at radius 1 is 1.50 bits per heavy atom. The highest BCUT2D eigenvalue weighted by Gasteiger charge is 2.06. The van der Waals surface area contributed by atoms with E-state index in [1.165, 1.54) is 12.1 Å². The Kier molecular flexibility index (Phi) is 4.16. The standard InChI is InChI=1S/C10H10ClNO3S/c1-16(13,14)5-4-15-10-6-9(11)3-2-8(10)7-12/h2-3,6H,4-5H2,1H3. The summed E-state index contributed by atoms with van der Waals surface area (Å²) in [4.78, 5) is 0. The Labute approximate surface area is 99.3 Å². The van der Waals surface area contributed by atoms with E-state index in [0.29, 0.717) is 16.3 Å². The maximum atomic E-state index is 10.9. The van der Waals surface area contributed by atoms with Gasteiger partial charge < -0.3 is 4.74 Å². The van der Waals surface area contributed by atoms with E-state index in [2.05, 4.69) is 0 Å². The minimum Gasteiger partial charge on any atom is -0.491 e. The van der Waals surface area contributed by atoms with Gasteiger partial charge in [-0.25, -0.2) is 8.42 Å². The summed E-state index contributed by atoms with van der Waals surface area (Å²) in [6.45, 7) is 0.00779. The highest BCUT2D eigenvalue weighted by atomic mass is 35.5. The third kappa shape index (κ3) is 4.09. The Morgan fingerprint density at radius 2 is 2.19 bits per heavy atom. The smallest absolute Gasteiger partial charge is 0.150 e. The molecule has 16 heavy (non-hydrogen) atoms. The first kappa shape index (κ1) is 12.8. The number of hydrogen-bond donors (Lipinski definition) is 0. The number of nitriles is 1. The van der Waals surface area contributed by atoms with Gasteiger partial charge in [0.05, 0.1) is 11.3 Å². The summed E-state index contributed by atoms with van der Waals surface area (Å²) in [7, 11) is -3.06. The average Bonchev–Trinajstić information content (AvgIpc) is 2.16. The van der Waals surface area contributed by atoms with E-state index in [1.54, 1.807) is 6.07 Å². The van der Waals surface area contributed by atoms with Crippen LogP contribution in [0.1, 0.15) is 5.56 Å². The molecule has 0 aliphatic carbocycles. The first-order valence-electron chi connectivity index (χ1n) is 4.42. The number of benzene rings is 1. The number of ether oxygens (including phenoxy) is 1. The quantitative estimate of drug-likeness (QED) is 0.824. The summed E-state index contributed by atoms with van der Waals surface area (Å²) < 4.78 is 26.9. The molecule has 0 aromatic heterocycles. The molecular weight excluding hydrogens is 250 g/mol. The fourth-order valence-corrected chi connectivity index (χ4v) is 1.56. The zero-order valence-corrected chi connectivity index (χ0v) is 10.2. The molecule has 0 spiro atoms. The van der Waals surface area contributed by atoms with Gasteiger partial charge in [0.1, 0.15) is 18.4 Å². The van der Waals surface area contributed by atoms with Crippen LogP contribution in [0, 0.1) is 11.3 Å². The van der Waals surface area contributed by atoms with Crippen molar-refractivity contribution in [2.45, 2.75) is 0 Å². The number of hydrogen-bond acceptors (Lipinski definition) is 4. The van der Waals surface area contributed by atoms with Gasteiger partial charge in [0.15, 0.2) is 9.84 Å². The SMILES string of the molecule is CS(=O)(=O)CCOc1cc(Cl)ccc1C#N. The van der Waals surface area contributed by atoms with Crippen molar-refractivity contribution in [2.24, 2.45) is 0 Å². The van der Waals surface area contributed by atoms with Gasteiger partial charge >= 0.3 is 0 Å². The van der Waals surface area contributed by atoms with Crippen LogP contribution in [0.2, 0.25) is 5.02 Å². The lowest BCUT2D eigenvalue weighted by Gasteiger charge is -2.07. The van der Waals surface area contributed by atoms with Gasteiger partial charge in [-0.1, -0.05) is 11.6 Å². The highest BCUT2D eigenvalue weighted by molar-refractivity contribution is 7.90. The summed E-state index contributed by atoms with van der Waals surface area (Å²) in [6, 6.07) is 6.52. The molecule has 0 fully saturated rings. The zero-order valence-electron chi connectivity index (χ0n) is 8.60. The monoisotopic (exact) mass is 259 g/mol. The van der Waals surface area contributed by atoms with Crippen molar-refractivity contribution < 1.29 is 13.2 Å². The van der Waals surface area contributed by atoms with Crippen molar-refractivity contribution >= 4 is 21.4 Å². The molecule has 0 aliphatic heterocycles. The van der Waals surface area contributed by atoms with Crippen molar-refractivity contribution in [1.82, 2.24) is 0 Å². The van der Waals surface area contributed by atoms with Gasteiger partial charge in [-0.05, 0) is 12.1 Å². The lowest BCUT2D eigenvalue weighted by molar-refractivity contribution is 0.340. The minimum atomic E-state index is -3.06. The molecule has 0 bridgehead atoms. The summed E-state index contributed by atoms with van der Waals surface area (Å²) >= 11 is 5.73. The van der Waals surface area contributed by atoms with Gasteiger partial charge in [0, 0.05) is 17.3 Å². The molecule has 0 aliphatic rings. The van der Waals surface area contributed by atoms with Crippen LogP contribution in [-0.4, -0.2) is 27.0 Å². The number of sulfone groups is 1. The van der Waals surface area contributed by atoms with E-state index in [1.807, 2.05) is 6.07 Å². The Bertz CT molecular complexity index is 519. The number of halogens is 1. The van der Waals surface area contributed by atoms with Crippen molar-refractivity contribution in [1.29, 1.82) is 5.26 Å². The van der Waals surface area contributed by atoms with Crippen LogP contribution in [0.4, 0.5) is 0 Å². The largest absolute Gasteiger partial charge is 0.491 e. The fraction of sp³-hybridized carbons (Fsp3) is 0.300. The highest BCUT2D eigenvalue weighted by Crippen LogP contribution is 2.22. The van der Waals surface area contributed by atoms with Crippen molar-refractivity contribution in [3.05, 3.63) is 28.8 Å². The third-order valence-corrected chi connectivity index (χ3v) is 2.92. The predicted molar refractivity (Wildman–Crippen MR) is 61.4 cm³/mol. The van der Waals surface area contributed by atoms with Gasteiger partial charge in [0.25, 0.3) is 0 Å². The summed E-state index contributed by atoms with van der Waals surface area (Å²) in [5.74, 6) is 0.211. The van der Waals surface area contributed by atoms with Gasteiger partial charge in [-0.2, -0.15) is 5.26 Å². The summed E-state index contributed by atoms with van der Waals surface area (Å²) in [5, 5.41) is 9.22. The van der Waals surface area contributed by atoms with E-state index in [-0.39, 0.29) is 12.4 Å². The molecule has 0 amide bonds. The lowest BCUT2D eigenvalue weighted by atomic mass is 10.2. The maximum Gasteiger partial charge on any atom is 0.150 e. The molecule has 0 heterocycles. The van der Waals surface area contributed by atoms with E-state index < -0.39 is 9.84 Å². The Balaban J connectivity index is 2.74. The second kappa shape index (κ2) is 5.19. The van der Waals surface area contributed by atoms with Crippen molar-refractivity contribution in [3.63, 3.8) is 0 Å². The van der Waals surface area contributed by atoms with Crippen LogP contribution < -0.4 is 4.74 Å². The number of rotatable bonds is 4. The zero-order chi connectivity index (χ0) is 12.2. The van der Waals surface area contributed by atoms with Gasteiger partial charge in [-0.15, -0.1) is 0 Å². The molecule has 0 unspecified atom stereocenters. The molecule has 0 saturated heterocycles. The Hall–Kier alpha value is -1.25. The van der Waals surface area contributed by atoms with Crippen LogP contribution >= 0.6 is 11.6 Å². The van der Waals surface area contributed by atoms with E-state index >= 15 is 0 Å². The summed E-state index contributed by atoms with van der Waals surface area (Å²) in [6.07, 6.45) is 1.12. The molecule has 0 saturated carbocycles. The molecule has 0 atom stereocenters. The second-order valence-electron chi connectivity index (χ2n) is 3.23. The molecule has 1 rings (SSSR count). The average molecular weight is 260 g/mol. The first-order chi connectivity index (χ1) is 7.42. The maximum absolute atomic E-state index is 10.9.